The minimum Gasteiger partial charge on any atom is -0.458 e. The van der Waals surface area contributed by atoms with Gasteiger partial charge in [0.15, 0.2) is 0 Å². The third kappa shape index (κ3) is 8.38. The second-order valence-corrected chi connectivity index (χ2v) is 5.58. The van der Waals surface area contributed by atoms with Gasteiger partial charge in [-0.25, -0.2) is 4.79 Å². The van der Waals surface area contributed by atoms with Gasteiger partial charge in [-0.05, 0) is 45.6 Å². The number of rotatable bonds is 7. The molecule has 0 unspecified atom stereocenters. The van der Waals surface area contributed by atoms with Crippen LogP contribution in [0.25, 0.3) is 0 Å². The summed E-state index contributed by atoms with van der Waals surface area (Å²) in [4.78, 5) is 11.4. The highest BCUT2D eigenvalue weighted by Gasteiger charge is 2.15. The smallest absolute Gasteiger partial charge is 0.332 e. The van der Waals surface area contributed by atoms with Crippen molar-refractivity contribution >= 4 is 5.97 Å². The second-order valence-electron chi connectivity index (χ2n) is 5.58. The Kier molecular flexibility index (Phi) is 6.57. The van der Waals surface area contributed by atoms with E-state index in [-0.39, 0.29) is 12.6 Å². The van der Waals surface area contributed by atoms with Gasteiger partial charge in [0.1, 0.15) is 12.2 Å². The molecule has 106 valence electrons. The number of unbranched alkanes of at least 4 members (excludes halogenated alkanes) is 1. The van der Waals surface area contributed by atoms with E-state index in [1.807, 2.05) is 39.0 Å². The number of carbonyl (C=O) groups is 1. The fourth-order valence-corrected chi connectivity index (χ4v) is 1.70. The average molecular weight is 264 g/mol. The van der Waals surface area contributed by atoms with Crippen molar-refractivity contribution in [3.05, 3.63) is 35.9 Å². The van der Waals surface area contributed by atoms with Gasteiger partial charge in [-0.3, -0.25) is 0 Å². The lowest BCUT2D eigenvalue weighted by atomic mass is 10.1. The van der Waals surface area contributed by atoms with E-state index in [0.717, 1.165) is 19.3 Å². The van der Waals surface area contributed by atoms with E-state index >= 15 is 0 Å². The number of benzene rings is 1. The van der Waals surface area contributed by atoms with Gasteiger partial charge in [0, 0.05) is 6.61 Å². The Morgan fingerprint density at radius 1 is 1.11 bits per heavy atom. The molecule has 0 aliphatic heterocycles. The topological polar surface area (TPSA) is 35.5 Å². The van der Waals surface area contributed by atoms with Crippen molar-refractivity contribution in [1.82, 2.24) is 0 Å². The molecule has 0 aliphatic rings. The van der Waals surface area contributed by atoms with Crippen LogP contribution in [0.1, 0.15) is 39.2 Å². The van der Waals surface area contributed by atoms with Crippen LogP contribution >= 0.6 is 0 Å². The average Bonchev–Trinajstić information content (AvgIpc) is 2.32. The number of ether oxygens (including phenoxy) is 2. The minimum absolute atomic E-state index is 0.0443. The molecule has 0 fully saturated rings. The maximum atomic E-state index is 11.4. The number of carbonyl (C=O) groups excluding carboxylic acids is 1. The molecule has 0 radical (unpaired) electrons. The van der Waals surface area contributed by atoms with Gasteiger partial charge in [0.05, 0.1) is 0 Å². The zero-order valence-electron chi connectivity index (χ0n) is 12.1. The highest BCUT2D eigenvalue weighted by molar-refractivity contribution is 5.71. The quantitative estimate of drug-likeness (QED) is 0.559. The largest absolute Gasteiger partial charge is 0.458 e. The summed E-state index contributed by atoms with van der Waals surface area (Å²) in [6, 6.07) is 10.4. The molecule has 0 aromatic heterocycles. The van der Waals surface area contributed by atoms with Gasteiger partial charge in [-0.2, -0.15) is 0 Å². The molecule has 0 aliphatic carbocycles. The van der Waals surface area contributed by atoms with E-state index in [9.17, 15) is 4.79 Å². The zero-order chi connectivity index (χ0) is 14.1. The third-order valence-electron chi connectivity index (χ3n) is 2.49. The first-order chi connectivity index (χ1) is 8.97. The van der Waals surface area contributed by atoms with Gasteiger partial charge in [0.25, 0.3) is 0 Å². The first-order valence-corrected chi connectivity index (χ1v) is 6.81. The monoisotopic (exact) mass is 264 g/mol. The molecule has 1 rings (SSSR count). The Labute approximate surface area is 115 Å². The predicted molar refractivity (Wildman–Crippen MR) is 76.0 cm³/mol. The Morgan fingerprint density at radius 2 is 1.79 bits per heavy atom. The van der Waals surface area contributed by atoms with E-state index < -0.39 is 5.60 Å². The van der Waals surface area contributed by atoms with E-state index in [0.29, 0.717) is 6.61 Å². The summed E-state index contributed by atoms with van der Waals surface area (Å²) in [6.07, 6.45) is 3.08. The summed E-state index contributed by atoms with van der Waals surface area (Å²) in [5.74, 6) is -0.296. The van der Waals surface area contributed by atoms with Crippen molar-refractivity contribution in [2.75, 3.05) is 13.2 Å². The Morgan fingerprint density at radius 3 is 2.42 bits per heavy atom. The molecule has 0 spiro atoms. The summed E-state index contributed by atoms with van der Waals surface area (Å²) >= 11 is 0. The molecule has 0 N–H and O–H groups in total. The lowest BCUT2D eigenvalue weighted by molar-refractivity contribution is -0.160. The van der Waals surface area contributed by atoms with E-state index in [4.69, 9.17) is 9.47 Å². The second kappa shape index (κ2) is 7.95. The van der Waals surface area contributed by atoms with E-state index in [1.54, 1.807) is 0 Å². The molecule has 0 saturated heterocycles. The molecule has 0 bridgehead atoms. The summed E-state index contributed by atoms with van der Waals surface area (Å²) in [6.45, 7) is 6.20. The van der Waals surface area contributed by atoms with Crippen LogP contribution in [-0.4, -0.2) is 24.8 Å². The molecule has 3 heteroatoms. The minimum atomic E-state index is -0.437. The van der Waals surface area contributed by atoms with Crippen molar-refractivity contribution in [1.29, 1.82) is 0 Å². The van der Waals surface area contributed by atoms with Crippen molar-refractivity contribution < 1.29 is 14.3 Å². The third-order valence-corrected chi connectivity index (χ3v) is 2.49. The lowest BCUT2D eigenvalue weighted by Gasteiger charge is -2.19. The molecular weight excluding hydrogens is 240 g/mol. The maximum Gasteiger partial charge on any atom is 0.332 e. The molecule has 0 saturated carbocycles. The highest BCUT2D eigenvalue weighted by Crippen LogP contribution is 2.07. The molecule has 0 atom stereocenters. The van der Waals surface area contributed by atoms with Crippen LogP contribution < -0.4 is 0 Å². The standard InChI is InChI=1S/C16H24O3/c1-16(2,3)19-15(17)13-18-12-8-7-11-14-9-5-4-6-10-14/h4-6,9-10H,7-8,11-13H2,1-3H3. The van der Waals surface area contributed by atoms with Crippen LogP contribution in [0.2, 0.25) is 0 Å². The SMILES string of the molecule is CC(C)(C)OC(=O)COCCCCc1ccccc1. The van der Waals surface area contributed by atoms with Gasteiger partial charge in [-0.15, -0.1) is 0 Å². The zero-order valence-corrected chi connectivity index (χ0v) is 12.1. The normalized spacial score (nSPS) is 11.3. The Hall–Kier alpha value is -1.35. The fraction of sp³-hybridized carbons (Fsp3) is 0.562. The summed E-state index contributed by atoms with van der Waals surface area (Å²) in [5.41, 5.74) is 0.906. The van der Waals surface area contributed by atoms with Crippen molar-refractivity contribution in [3.63, 3.8) is 0 Å². The predicted octanol–water partition coefficient (Wildman–Crippen LogP) is 3.37. The summed E-state index contributed by atoms with van der Waals surface area (Å²) in [5, 5.41) is 0. The number of hydrogen-bond acceptors (Lipinski definition) is 3. The van der Waals surface area contributed by atoms with E-state index in [2.05, 4.69) is 12.1 Å². The van der Waals surface area contributed by atoms with E-state index in [1.165, 1.54) is 5.56 Å². The van der Waals surface area contributed by atoms with Crippen LogP contribution in [0.5, 0.6) is 0 Å². The lowest BCUT2D eigenvalue weighted by Crippen LogP contribution is -2.26. The van der Waals surface area contributed by atoms with Crippen LogP contribution in [-0.2, 0) is 20.7 Å². The maximum absolute atomic E-state index is 11.4. The molecule has 0 amide bonds. The Balaban J connectivity index is 2.01. The molecule has 19 heavy (non-hydrogen) atoms. The van der Waals surface area contributed by atoms with Crippen LogP contribution in [0.3, 0.4) is 0 Å². The summed E-state index contributed by atoms with van der Waals surface area (Å²) in [7, 11) is 0. The van der Waals surface area contributed by atoms with Crippen LogP contribution in [0, 0.1) is 0 Å². The molecular formula is C16H24O3. The van der Waals surface area contributed by atoms with Crippen molar-refractivity contribution in [2.45, 2.75) is 45.6 Å². The fourth-order valence-electron chi connectivity index (χ4n) is 1.70. The summed E-state index contributed by atoms with van der Waals surface area (Å²) < 4.78 is 10.5. The van der Waals surface area contributed by atoms with Gasteiger partial charge in [-0.1, -0.05) is 30.3 Å². The van der Waals surface area contributed by atoms with Gasteiger partial charge < -0.3 is 9.47 Å². The van der Waals surface area contributed by atoms with Crippen LogP contribution in [0.15, 0.2) is 30.3 Å². The van der Waals surface area contributed by atoms with Crippen LogP contribution in [0.4, 0.5) is 0 Å². The number of aryl methyl sites for hydroxylation is 1. The molecule has 3 nitrogen and oxygen atoms in total. The number of esters is 1. The van der Waals surface area contributed by atoms with Gasteiger partial charge >= 0.3 is 5.97 Å². The first-order valence-electron chi connectivity index (χ1n) is 6.81. The Bertz CT molecular complexity index is 365. The number of hydrogen-bond donors (Lipinski definition) is 0. The van der Waals surface area contributed by atoms with Gasteiger partial charge in [0.2, 0.25) is 0 Å². The highest BCUT2D eigenvalue weighted by atomic mass is 16.6. The van der Waals surface area contributed by atoms with Crippen molar-refractivity contribution in [2.24, 2.45) is 0 Å². The van der Waals surface area contributed by atoms with Crippen molar-refractivity contribution in [3.8, 4) is 0 Å². The molecule has 1 aromatic rings. The molecule has 0 heterocycles. The molecule has 1 aromatic carbocycles. The first kappa shape index (κ1) is 15.7.